The van der Waals surface area contributed by atoms with Crippen LogP contribution in [-0.4, -0.2) is 40.9 Å². The molecule has 1 aliphatic heterocycles. The molecule has 2 heterocycles. The highest BCUT2D eigenvalue weighted by atomic mass is 32.2. The number of nitrogens with zero attached hydrogens (tertiary/aromatic N) is 1. The fraction of sp³-hybridized carbons (Fsp3) is 0.316. The van der Waals surface area contributed by atoms with Gasteiger partial charge in [-0.05, 0) is 30.3 Å². The van der Waals surface area contributed by atoms with Crippen LogP contribution in [0.25, 0.3) is 0 Å². The smallest absolute Gasteiger partial charge is 0.251 e. The van der Waals surface area contributed by atoms with Gasteiger partial charge in [-0.1, -0.05) is 12.1 Å². The molecule has 0 saturated carbocycles. The van der Waals surface area contributed by atoms with E-state index >= 15 is 0 Å². The zero-order chi connectivity index (χ0) is 18.2. The highest BCUT2D eigenvalue weighted by Gasteiger charge is 2.17. The second-order valence-electron chi connectivity index (χ2n) is 6.06. The van der Waals surface area contributed by atoms with Crippen LogP contribution < -0.4 is 16.0 Å². The average molecular weight is 370 g/mol. The summed E-state index contributed by atoms with van der Waals surface area (Å²) in [6.07, 6.45) is 2.13. The van der Waals surface area contributed by atoms with Crippen LogP contribution in [0.1, 0.15) is 22.5 Å². The van der Waals surface area contributed by atoms with Crippen molar-refractivity contribution in [1.29, 1.82) is 0 Å². The molecule has 1 unspecified atom stereocenters. The fourth-order valence-corrected chi connectivity index (χ4v) is 3.65. The van der Waals surface area contributed by atoms with Gasteiger partial charge in [-0.25, -0.2) is 0 Å². The first-order chi connectivity index (χ1) is 12.7. The lowest BCUT2D eigenvalue weighted by atomic mass is 10.1. The molecule has 3 N–H and O–H groups in total. The van der Waals surface area contributed by atoms with Crippen molar-refractivity contribution in [2.75, 3.05) is 23.4 Å². The Morgan fingerprint density at radius 3 is 2.92 bits per heavy atom. The van der Waals surface area contributed by atoms with Crippen molar-refractivity contribution in [3.63, 3.8) is 0 Å². The lowest BCUT2D eigenvalue weighted by Crippen LogP contribution is -2.39. The molecule has 1 saturated heterocycles. The molecule has 26 heavy (non-hydrogen) atoms. The maximum atomic E-state index is 12.3. The Labute approximate surface area is 157 Å². The van der Waals surface area contributed by atoms with Crippen LogP contribution in [0.15, 0.2) is 48.7 Å². The van der Waals surface area contributed by atoms with Gasteiger partial charge in [0.15, 0.2) is 0 Å². The molecule has 0 aliphatic carbocycles. The van der Waals surface area contributed by atoms with Crippen molar-refractivity contribution in [1.82, 2.24) is 15.6 Å². The third-order valence-corrected chi connectivity index (χ3v) is 5.13. The first-order valence-electron chi connectivity index (χ1n) is 8.60. The van der Waals surface area contributed by atoms with Gasteiger partial charge >= 0.3 is 0 Å². The van der Waals surface area contributed by atoms with E-state index in [1.807, 2.05) is 30.0 Å². The van der Waals surface area contributed by atoms with Crippen molar-refractivity contribution in [2.24, 2.45) is 0 Å². The van der Waals surface area contributed by atoms with Gasteiger partial charge in [-0.15, -0.1) is 0 Å². The van der Waals surface area contributed by atoms with E-state index in [4.69, 9.17) is 0 Å². The molecule has 7 heteroatoms. The molecule has 1 aliphatic rings. The minimum Gasteiger partial charge on any atom is -0.346 e. The largest absolute Gasteiger partial charge is 0.346 e. The van der Waals surface area contributed by atoms with Crippen molar-refractivity contribution in [3.05, 3.63) is 59.9 Å². The first-order valence-corrected chi connectivity index (χ1v) is 9.75. The highest BCUT2D eigenvalue weighted by molar-refractivity contribution is 7.99. The summed E-state index contributed by atoms with van der Waals surface area (Å²) in [4.78, 5) is 28.7. The van der Waals surface area contributed by atoms with Crippen LogP contribution in [0.2, 0.25) is 0 Å². The summed E-state index contributed by atoms with van der Waals surface area (Å²) in [7, 11) is 0. The molecule has 1 aromatic carbocycles. The third-order valence-electron chi connectivity index (χ3n) is 3.99. The minimum atomic E-state index is -0.197. The van der Waals surface area contributed by atoms with Gasteiger partial charge in [0, 0.05) is 48.0 Å². The predicted molar refractivity (Wildman–Crippen MR) is 104 cm³/mol. The van der Waals surface area contributed by atoms with Gasteiger partial charge in [0.1, 0.15) is 0 Å². The molecule has 1 aromatic heterocycles. The summed E-state index contributed by atoms with van der Waals surface area (Å²) in [6, 6.07) is 12.7. The standard InChI is InChI=1S/C19H22N4O2S/c24-18(11-17-13-26-9-8-21-17)23-15-6-3-4-14(10-15)19(25)22-12-16-5-1-2-7-20-16/h1-7,10,17,21H,8-9,11-13H2,(H,22,25)(H,23,24). The maximum absolute atomic E-state index is 12.3. The Balaban J connectivity index is 1.53. The minimum absolute atomic E-state index is 0.0453. The predicted octanol–water partition coefficient (Wildman–Crippen LogP) is 2.05. The van der Waals surface area contributed by atoms with Gasteiger partial charge in [-0.3, -0.25) is 14.6 Å². The summed E-state index contributed by atoms with van der Waals surface area (Å²) in [6.45, 7) is 1.30. The molecule has 2 amide bonds. The molecular weight excluding hydrogens is 348 g/mol. The number of hydrogen-bond acceptors (Lipinski definition) is 5. The van der Waals surface area contributed by atoms with Gasteiger partial charge in [0.25, 0.3) is 5.91 Å². The molecule has 2 aromatic rings. The lowest BCUT2D eigenvalue weighted by Gasteiger charge is -2.22. The van der Waals surface area contributed by atoms with Gasteiger partial charge in [-0.2, -0.15) is 11.8 Å². The van der Waals surface area contributed by atoms with E-state index in [1.165, 1.54) is 0 Å². The Morgan fingerprint density at radius 2 is 2.15 bits per heavy atom. The monoisotopic (exact) mass is 370 g/mol. The Bertz CT molecular complexity index is 748. The summed E-state index contributed by atoms with van der Waals surface area (Å²) in [5, 5.41) is 9.06. The van der Waals surface area contributed by atoms with Crippen LogP contribution in [-0.2, 0) is 11.3 Å². The van der Waals surface area contributed by atoms with Crippen LogP contribution in [0.5, 0.6) is 0 Å². The molecular formula is C19H22N4O2S. The molecule has 3 rings (SSSR count). The summed E-state index contributed by atoms with van der Waals surface area (Å²) in [5.74, 6) is 1.80. The first kappa shape index (κ1) is 18.4. The average Bonchev–Trinajstić information content (AvgIpc) is 2.68. The fourth-order valence-electron chi connectivity index (χ4n) is 2.70. The van der Waals surface area contributed by atoms with Gasteiger partial charge in [0.05, 0.1) is 12.2 Å². The van der Waals surface area contributed by atoms with Gasteiger partial charge < -0.3 is 16.0 Å². The number of amides is 2. The zero-order valence-corrected chi connectivity index (χ0v) is 15.2. The number of carbonyl (C=O) groups excluding carboxylic acids is 2. The van der Waals surface area contributed by atoms with Gasteiger partial charge in [0.2, 0.25) is 5.91 Å². The number of nitrogens with one attached hydrogen (secondary N) is 3. The summed E-state index contributed by atoms with van der Waals surface area (Å²) < 4.78 is 0. The Hall–Kier alpha value is -2.38. The van der Waals surface area contributed by atoms with Crippen LogP contribution in [0.4, 0.5) is 5.69 Å². The molecule has 0 bridgehead atoms. The van der Waals surface area contributed by atoms with E-state index in [1.54, 1.807) is 30.5 Å². The summed E-state index contributed by atoms with van der Waals surface area (Å²) >= 11 is 1.86. The number of thioether (sulfide) groups is 1. The van der Waals surface area contributed by atoms with E-state index in [2.05, 4.69) is 20.9 Å². The van der Waals surface area contributed by atoms with Crippen LogP contribution >= 0.6 is 11.8 Å². The molecule has 1 atom stereocenters. The summed E-state index contributed by atoms with van der Waals surface area (Å²) in [5.41, 5.74) is 1.93. The van der Waals surface area contributed by atoms with Crippen molar-refractivity contribution < 1.29 is 9.59 Å². The number of carbonyl (C=O) groups is 2. The Kier molecular flexibility index (Phi) is 6.62. The molecule has 6 nitrogen and oxygen atoms in total. The SMILES string of the molecule is O=C(CC1CSCCN1)Nc1cccc(C(=O)NCc2ccccn2)c1. The van der Waals surface area contributed by atoms with E-state index in [0.717, 1.165) is 23.7 Å². The second kappa shape index (κ2) is 9.35. The third kappa shape index (κ3) is 5.57. The normalized spacial score (nSPS) is 16.7. The van der Waals surface area contributed by atoms with E-state index in [0.29, 0.717) is 24.2 Å². The number of rotatable bonds is 6. The Morgan fingerprint density at radius 1 is 1.23 bits per heavy atom. The molecule has 0 radical (unpaired) electrons. The number of pyridine rings is 1. The van der Waals surface area contributed by atoms with Crippen molar-refractivity contribution in [2.45, 2.75) is 19.0 Å². The second-order valence-corrected chi connectivity index (χ2v) is 7.21. The van der Waals surface area contributed by atoms with Crippen LogP contribution in [0, 0.1) is 0 Å². The van der Waals surface area contributed by atoms with Crippen molar-refractivity contribution >= 4 is 29.3 Å². The van der Waals surface area contributed by atoms with E-state index < -0.39 is 0 Å². The molecule has 0 spiro atoms. The number of hydrogen-bond donors (Lipinski definition) is 3. The lowest BCUT2D eigenvalue weighted by molar-refractivity contribution is -0.116. The number of benzene rings is 1. The molecule has 1 fully saturated rings. The number of anilines is 1. The van der Waals surface area contributed by atoms with Crippen molar-refractivity contribution in [3.8, 4) is 0 Å². The van der Waals surface area contributed by atoms with Crippen LogP contribution in [0.3, 0.4) is 0 Å². The highest BCUT2D eigenvalue weighted by Crippen LogP contribution is 2.14. The van der Waals surface area contributed by atoms with E-state index in [9.17, 15) is 9.59 Å². The molecule has 136 valence electrons. The topological polar surface area (TPSA) is 83.1 Å². The quantitative estimate of drug-likeness (QED) is 0.725. The number of aromatic nitrogens is 1. The van der Waals surface area contributed by atoms with E-state index in [-0.39, 0.29) is 17.9 Å². The maximum Gasteiger partial charge on any atom is 0.251 e. The zero-order valence-electron chi connectivity index (χ0n) is 14.4.